The fraction of sp³-hybridized carbons (Fsp3) is 0.333. The van der Waals surface area contributed by atoms with E-state index in [1.807, 2.05) is 35.0 Å². The van der Waals surface area contributed by atoms with Crippen LogP contribution in [0.15, 0.2) is 36.5 Å². The third-order valence-electron chi connectivity index (χ3n) is 4.34. The molecule has 0 aliphatic carbocycles. The van der Waals surface area contributed by atoms with Crippen molar-refractivity contribution in [3.63, 3.8) is 0 Å². The van der Waals surface area contributed by atoms with E-state index in [1.165, 1.54) is 0 Å². The predicted octanol–water partition coefficient (Wildman–Crippen LogP) is 2.79. The fourth-order valence-electron chi connectivity index (χ4n) is 3.08. The zero-order valence-electron chi connectivity index (χ0n) is 14.3. The molecule has 7 nitrogen and oxygen atoms in total. The first-order chi connectivity index (χ1) is 12.1. The summed E-state index contributed by atoms with van der Waals surface area (Å²) in [6.45, 7) is 5.05. The molecule has 0 radical (unpaired) electrons. The summed E-state index contributed by atoms with van der Waals surface area (Å²) in [5.74, 6) is 1.24. The number of aryl methyl sites for hydroxylation is 2. The van der Waals surface area contributed by atoms with Crippen LogP contribution in [0.25, 0.3) is 5.82 Å². The average Bonchev–Trinajstić information content (AvgIpc) is 3.29. The van der Waals surface area contributed by atoms with Crippen LogP contribution in [-0.2, 0) is 13.0 Å². The number of amides is 1. The Bertz CT molecular complexity index is 888. The second-order valence-corrected chi connectivity index (χ2v) is 6.51. The van der Waals surface area contributed by atoms with E-state index in [-0.39, 0.29) is 11.8 Å². The van der Waals surface area contributed by atoms with Crippen molar-refractivity contribution >= 4 is 11.7 Å². The van der Waals surface area contributed by atoms with E-state index < -0.39 is 0 Å². The molecular weight excluding hydrogens is 316 g/mol. The first-order valence-electron chi connectivity index (χ1n) is 8.51. The minimum atomic E-state index is -0.256. The maximum absolute atomic E-state index is 12.6. The number of hydrogen-bond donors (Lipinski definition) is 1. The molecule has 4 rings (SSSR count). The predicted molar refractivity (Wildman–Crippen MR) is 93.9 cm³/mol. The van der Waals surface area contributed by atoms with Gasteiger partial charge in [0.15, 0.2) is 17.3 Å². The van der Waals surface area contributed by atoms with Gasteiger partial charge >= 0.3 is 0 Å². The van der Waals surface area contributed by atoms with Crippen LogP contribution in [0.2, 0.25) is 0 Å². The zero-order chi connectivity index (χ0) is 17.4. The van der Waals surface area contributed by atoms with E-state index in [0.29, 0.717) is 17.3 Å². The lowest BCUT2D eigenvalue weighted by Crippen LogP contribution is -2.14. The Morgan fingerprint density at radius 2 is 2.12 bits per heavy atom. The molecule has 3 aromatic heterocycles. The van der Waals surface area contributed by atoms with Gasteiger partial charge in [0.2, 0.25) is 0 Å². The smallest absolute Gasteiger partial charge is 0.277 e. The number of carbonyl (C=O) groups is 1. The van der Waals surface area contributed by atoms with Crippen molar-refractivity contribution in [3.8, 4) is 5.82 Å². The molecule has 0 saturated carbocycles. The molecule has 4 heterocycles. The van der Waals surface area contributed by atoms with Gasteiger partial charge in [0.1, 0.15) is 0 Å². The molecule has 1 aliphatic heterocycles. The Labute approximate surface area is 145 Å². The SMILES string of the molecule is CC(C)c1cc(C(=O)Nc2cc3n(n2)CCC3)nn1-c1ccccn1. The van der Waals surface area contributed by atoms with Crippen molar-refractivity contribution in [2.24, 2.45) is 0 Å². The Morgan fingerprint density at radius 3 is 2.84 bits per heavy atom. The molecule has 1 amide bonds. The molecule has 0 spiro atoms. The van der Waals surface area contributed by atoms with Gasteiger partial charge in [-0.3, -0.25) is 9.48 Å². The van der Waals surface area contributed by atoms with E-state index in [4.69, 9.17) is 0 Å². The van der Waals surface area contributed by atoms with Gasteiger partial charge in [0.25, 0.3) is 5.91 Å². The first-order valence-corrected chi connectivity index (χ1v) is 8.51. The minimum Gasteiger partial charge on any atom is -0.304 e. The highest BCUT2D eigenvalue weighted by Gasteiger charge is 2.20. The minimum absolute atomic E-state index is 0.215. The second kappa shape index (κ2) is 6.16. The first kappa shape index (κ1) is 15.6. The number of fused-ring (bicyclic) bond motifs is 1. The van der Waals surface area contributed by atoms with E-state index in [0.717, 1.165) is 30.8 Å². The van der Waals surface area contributed by atoms with E-state index >= 15 is 0 Å². The summed E-state index contributed by atoms with van der Waals surface area (Å²) >= 11 is 0. The normalized spacial score (nSPS) is 13.2. The van der Waals surface area contributed by atoms with Gasteiger partial charge in [-0.15, -0.1) is 0 Å². The summed E-state index contributed by atoms with van der Waals surface area (Å²) in [7, 11) is 0. The molecule has 0 unspecified atom stereocenters. The van der Waals surface area contributed by atoms with Gasteiger partial charge in [-0.25, -0.2) is 9.67 Å². The van der Waals surface area contributed by atoms with Crippen molar-refractivity contribution in [2.75, 3.05) is 5.32 Å². The van der Waals surface area contributed by atoms with Crippen LogP contribution in [0.3, 0.4) is 0 Å². The van der Waals surface area contributed by atoms with Crippen LogP contribution < -0.4 is 5.32 Å². The zero-order valence-corrected chi connectivity index (χ0v) is 14.3. The third kappa shape index (κ3) is 2.93. The monoisotopic (exact) mass is 336 g/mol. The molecule has 0 bridgehead atoms. The number of rotatable bonds is 4. The fourth-order valence-corrected chi connectivity index (χ4v) is 3.08. The summed E-state index contributed by atoms with van der Waals surface area (Å²) in [6.07, 6.45) is 3.84. The highest BCUT2D eigenvalue weighted by atomic mass is 16.2. The Kier molecular flexibility index (Phi) is 3.83. The molecule has 0 aromatic carbocycles. The number of carbonyl (C=O) groups excluding carboxylic acids is 1. The third-order valence-corrected chi connectivity index (χ3v) is 4.34. The maximum Gasteiger partial charge on any atom is 0.277 e. The number of nitrogens with zero attached hydrogens (tertiary/aromatic N) is 5. The van der Waals surface area contributed by atoms with Crippen LogP contribution >= 0.6 is 0 Å². The topological polar surface area (TPSA) is 77.6 Å². The van der Waals surface area contributed by atoms with Gasteiger partial charge in [-0.2, -0.15) is 10.2 Å². The van der Waals surface area contributed by atoms with Crippen LogP contribution in [0.1, 0.15) is 48.1 Å². The summed E-state index contributed by atoms with van der Waals surface area (Å²) in [5, 5.41) is 11.7. The number of aromatic nitrogens is 5. The van der Waals surface area contributed by atoms with Crippen LogP contribution in [0, 0.1) is 0 Å². The van der Waals surface area contributed by atoms with Crippen molar-refractivity contribution < 1.29 is 4.79 Å². The summed E-state index contributed by atoms with van der Waals surface area (Å²) in [4.78, 5) is 16.9. The number of pyridine rings is 1. The van der Waals surface area contributed by atoms with Crippen LogP contribution in [0.4, 0.5) is 5.82 Å². The lowest BCUT2D eigenvalue weighted by molar-refractivity contribution is 0.102. The second-order valence-electron chi connectivity index (χ2n) is 6.51. The highest BCUT2D eigenvalue weighted by Crippen LogP contribution is 2.21. The molecule has 3 aromatic rings. The van der Waals surface area contributed by atoms with E-state index in [2.05, 4.69) is 34.3 Å². The van der Waals surface area contributed by atoms with Crippen LogP contribution in [0.5, 0.6) is 0 Å². The molecule has 0 fully saturated rings. The van der Waals surface area contributed by atoms with Gasteiger partial charge < -0.3 is 5.32 Å². The van der Waals surface area contributed by atoms with Crippen molar-refractivity contribution in [3.05, 3.63) is 53.6 Å². The van der Waals surface area contributed by atoms with Crippen molar-refractivity contribution in [1.29, 1.82) is 0 Å². The summed E-state index contributed by atoms with van der Waals surface area (Å²) < 4.78 is 3.67. The Morgan fingerprint density at radius 1 is 1.24 bits per heavy atom. The molecule has 128 valence electrons. The molecule has 7 heteroatoms. The largest absolute Gasteiger partial charge is 0.304 e. The Balaban J connectivity index is 1.62. The molecule has 0 atom stereocenters. The van der Waals surface area contributed by atoms with E-state index in [9.17, 15) is 4.79 Å². The molecule has 25 heavy (non-hydrogen) atoms. The van der Waals surface area contributed by atoms with Gasteiger partial charge in [0.05, 0.1) is 0 Å². The number of anilines is 1. The molecular formula is C18H20N6O. The molecule has 1 aliphatic rings. The average molecular weight is 336 g/mol. The highest BCUT2D eigenvalue weighted by molar-refractivity contribution is 6.02. The lowest BCUT2D eigenvalue weighted by atomic mass is 10.1. The maximum atomic E-state index is 12.6. The van der Waals surface area contributed by atoms with Gasteiger partial charge in [0, 0.05) is 30.2 Å². The van der Waals surface area contributed by atoms with E-state index in [1.54, 1.807) is 10.9 Å². The van der Waals surface area contributed by atoms with Crippen molar-refractivity contribution in [2.45, 2.75) is 39.2 Å². The van der Waals surface area contributed by atoms with Gasteiger partial charge in [-0.1, -0.05) is 19.9 Å². The van der Waals surface area contributed by atoms with Crippen LogP contribution in [-0.4, -0.2) is 30.5 Å². The standard InChI is InChI=1S/C18H20N6O/c1-12(2)15-11-14(21-24(15)17-7-3-4-8-19-17)18(25)20-16-10-13-6-5-9-23(13)22-16/h3-4,7-8,10-12H,5-6,9H2,1-2H3,(H,20,22,25). The van der Waals surface area contributed by atoms with Gasteiger partial charge in [-0.05, 0) is 37.0 Å². The Hall–Kier alpha value is -2.96. The molecule has 1 N–H and O–H groups in total. The molecule has 0 saturated heterocycles. The number of nitrogens with one attached hydrogen (secondary N) is 1. The lowest BCUT2D eigenvalue weighted by Gasteiger charge is -2.08. The quantitative estimate of drug-likeness (QED) is 0.795. The summed E-state index contributed by atoms with van der Waals surface area (Å²) in [5.41, 5.74) is 2.47. The van der Waals surface area contributed by atoms with Crippen molar-refractivity contribution in [1.82, 2.24) is 24.5 Å². The summed E-state index contributed by atoms with van der Waals surface area (Å²) in [6, 6.07) is 9.39. The number of hydrogen-bond acceptors (Lipinski definition) is 4.